The summed E-state index contributed by atoms with van der Waals surface area (Å²) >= 11 is -1.57. The number of rotatable bonds is 8. The molecule has 200 valence electrons. The fraction of sp³-hybridized carbons (Fsp3) is 0.423. The lowest BCUT2D eigenvalue weighted by Crippen LogP contribution is -2.49. The zero-order valence-electron chi connectivity index (χ0n) is 21.4. The largest absolute Gasteiger partial charge is 0.373 e. The molecule has 4 rings (SSSR count). The number of benzene rings is 1. The Bertz CT molecular complexity index is 1150. The minimum atomic E-state index is -2.69. The molecule has 2 aliphatic rings. The van der Waals surface area contributed by atoms with Crippen LogP contribution in [0.15, 0.2) is 65.2 Å². The fourth-order valence-electron chi connectivity index (χ4n) is 3.76. The SMILES string of the molecule is C=C(C)N1CCN(S(=O)N(Cc2ccc(C3=NN=C(C(F)F)C3)cc2F)c2cccnc2)CC1.CCC. The number of nitrogens with zero attached hydrogens (tertiary/aromatic N) is 6. The molecule has 2 aromatic rings. The maximum absolute atomic E-state index is 15.1. The number of alkyl halides is 2. The molecule has 1 fully saturated rings. The van der Waals surface area contributed by atoms with E-state index in [1.807, 2.05) is 11.2 Å². The van der Waals surface area contributed by atoms with E-state index in [1.54, 1.807) is 41.0 Å². The second kappa shape index (κ2) is 13.5. The van der Waals surface area contributed by atoms with Crippen molar-refractivity contribution in [1.82, 2.24) is 14.2 Å². The van der Waals surface area contributed by atoms with Gasteiger partial charge in [0.1, 0.15) is 11.5 Å². The molecule has 0 aliphatic carbocycles. The second-order valence-electron chi connectivity index (χ2n) is 8.76. The Kier molecular flexibility index (Phi) is 10.4. The monoisotopic (exact) mass is 534 g/mol. The third-order valence-corrected chi connectivity index (χ3v) is 7.25. The lowest BCUT2D eigenvalue weighted by Gasteiger charge is -2.37. The van der Waals surface area contributed by atoms with E-state index in [1.165, 1.54) is 12.5 Å². The Balaban J connectivity index is 0.00000121. The van der Waals surface area contributed by atoms with Crippen LogP contribution in [0.25, 0.3) is 0 Å². The number of pyridine rings is 1. The molecular formula is C26H33F3N6OS. The average Bonchev–Trinajstić information content (AvgIpc) is 3.40. The maximum atomic E-state index is 15.1. The lowest BCUT2D eigenvalue weighted by atomic mass is 10.0. The molecule has 2 aliphatic heterocycles. The van der Waals surface area contributed by atoms with Crippen LogP contribution in [0, 0.1) is 5.82 Å². The van der Waals surface area contributed by atoms with Gasteiger partial charge in [0.25, 0.3) is 6.43 Å². The quantitative estimate of drug-likeness (QED) is 0.469. The summed E-state index contributed by atoms with van der Waals surface area (Å²) in [5, 5.41) is 7.26. The number of hydrogen-bond acceptors (Lipinski definition) is 5. The van der Waals surface area contributed by atoms with Crippen LogP contribution in [0.3, 0.4) is 0 Å². The van der Waals surface area contributed by atoms with Crippen LogP contribution < -0.4 is 4.31 Å². The van der Waals surface area contributed by atoms with Crippen LogP contribution >= 0.6 is 0 Å². The number of anilines is 1. The molecule has 7 nitrogen and oxygen atoms in total. The highest BCUT2D eigenvalue weighted by Gasteiger charge is 2.27. The minimum absolute atomic E-state index is 0.0381. The summed E-state index contributed by atoms with van der Waals surface area (Å²) in [6, 6.07) is 7.95. The van der Waals surface area contributed by atoms with Gasteiger partial charge in [-0.05, 0) is 25.1 Å². The van der Waals surface area contributed by atoms with Crippen LogP contribution in [-0.4, -0.2) is 62.4 Å². The Hall–Kier alpha value is -3.05. The van der Waals surface area contributed by atoms with Crippen LogP contribution in [0.4, 0.5) is 18.9 Å². The first kappa shape index (κ1) is 28.5. The van der Waals surface area contributed by atoms with E-state index in [-0.39, 0.29) is 18.7 Å². The summed E-state index contributed by atoms with van der Waals surface area (Å²) in [5.74, 6) is -0.538. The molecule has 0 radical (unpaired) electrons. The summed E-state index contributed by atoms with van der Waals surface area (Å²) < 4.78 is 57.7. The number of piperazine rings is 1. The van der Waals surface area contributed by atoms with Crippen molar-refractivity contribution in [2.45, 2.75) is 46.6 Å². The predicted molar refractivity (Wildman–Crippen MR) is 143 cm³/mol. The van der Waals surface area contributed by atoms with Gasteiger partial charge < -0.3 is 4.90 Å². The van der Waals surface area contributed by atoms with Crippen LogP contribution in [0.2, 0.25) is 0 Å². The molecule has 0 spiro atoms. The van der Waals surface area contributed by atoms with E-state index in [0.717, 1.165) is 5.70 Å². The van der Waals surface area contributed by atoms with Crippen molar-refractivity contribution in [3.8, 4) is 0 Å². The highest BCUT2D eigenvalue weighted by molar-refractivity contribution is 7.84. The van der Waals surface area contributed by atoms with Crippen molar-refractivity contribution < 1.29 is 17.4 Å². The molecule has 0 N–H and O–H groups in total. The number of hydrogen-bond donors (Lipinski definition) is 0. The minimum Gasteiger partial charge on any atom is -0.373 e. The Morgan fingerprint density at radius 3 is 2.41 bits per heavy atom. The zero-order valence-corrected chi connectivity index (χ0v) is 22.2. The Morgan fingerprint density at radius 2 is 1.86 bits per heavy atom. The number of halogens is 3. The standard InChI is InChI=1S/C23H25F3N6OS.C3H8/c1-16(2)30-8-10-31(11-9-30)34(33)32(19-4-3-7-27-14-19)15-18-6-5-17(12-20(18)24)21-13-22(23(25)26)29-28-21;1-3-2/h3-7,12,14,23H,1,8-11,13,15H2,2H3;3H2,1-2H3. The van der Waals surface area contributed by atoms with Crippen molar-refractivity contribution in [3.05, 3.63) is 71.9 Å². The Labute approximate surface area is 219 Å². The highest BCUT2D eigenvalue weighted by Crippen LogP contribution is 2.24. The third-order valence-electron chi connectivity index (χ3n) is 5.72. The van der Waals surface area contributed by atoms with E-state index in [4.69, 9.17) is 0 Å². The van der Waals surface area contributed by atoms with Gasteiger partial charge in [-0.25, -0.2) is 21.7 Å². The molecular weight excluding hydrogens is 501 g/mol. The molecule has 1 atom stereocenters. The molecule has 1 saturated heterocycles. The van der Waals surface area contributed by atoms with E-state index in [0.29, 0.717) is 48.7 Å². The van der Waals surface area contributed by atoms with Crippen LogP contribution in [0.5, 0.6) is 0 Å². The van der Waals surface area contributed by atoms with Crippen molar-refractivity contribution >= 4 is 28.3 Å². The predicted octanol–water partition coefficient (Wildman–Crippen LogP) is 5.19. The second-order valence-corrected chi connectivity index (χ2v) is 10.2. The van der Waals surface area contributed by atoms with Crippen molar-refractivity contribution in [1.29, 1.82) is 0 Å². The summed E-state index contributed by atoms with van der Waals surface area (Å²) in [6.45, 7) is 12.7. The molecule has 1 aromatic carbocycles. The average molecular weight is 535 g/mol. The van der Waals surface area contributed by atoms with Gasteiger partial charge in [-0.15, -0.1) is 0 Å². The van der Waals surface area contributed by atoms with Gasteiger partial charge in [-0.1, -0.05) is 39.0 Å². The zero-order chi connectivity index (χ0) is 26.9. The molecule has 37 heavy (non-hydrogen) atoms. The van der Waals surface area contributed by atoms with E-state index in [9.17, 15) is 13.0 Å². The van der Waals surface area contributed by atoms with Gasteiger partial charge in [0.15, 0.2) is 11.2 Å². The normalized spacial score (nSPS) is 16.6. The molecule has 3 heterocycles. The summed E-state index contributed by atoms with van der Waals surface area (Å²) in [7, 11) is 0. The van der Waals surface area contributed by atoms with Gasteiger partial charge in [0.2, 0.25) is 0 Å². The number of aromatic nitrogens is 1. The topological polar surface area (TPSA) is 64.4 Å². The summed E-state index contributed by atoms with van der Waals surface area (Å²) in [4.78, 5) is 6.26. The van der Waals surface area contributed by atoms with Gasteiger partial charge in [-0.2, -0.15) is 10.2 Å². The van der Waals surface area contributed by atoms with Gasteiger partial charge >= 0.3 is 0 Å². The first-order chi connectivity index (χ1) is 17.7. The van der Waals surface area contributed by atoms with Gasteiger partial charge in [-0.3, -0.25) is 9.29 Å². The molecule has 0 bridgehead atoms. The third kappa shape index (κ3) is 7.48. The first-order valence-electron chi connectivity index (χ1n) is 12.2. The van der Waals surface area contributed by atoms with E-state index < -0.39 is 23.4 Å². The molecule has 0 amide bonds. The fourth-order valence-corrected chi connectivity index (χ4v) is 5.05. The number of allylic oxidation sites excluding steroid dienone is 1. The summed E-state index contributed by atoms with van der Waals surface area (Å²) in [5.41, 5.74) is 2.24. The first-order valence-corrected chi connectivity index (χ1v) is 13.3. The highest BCUT2D eigenvalue weighted by atomic mass is 32.2. The van der Waals surface area contributed by atoms with Gasteiger partial charge in [0, 0.05) is 55.6 Å². The van der Waals surface area contributed by atoms with Gasteiger partial charge in [0.05, 0.1) is 24.1 Å². The Morgan fingerprint density at radius 1 is 1.16 bits per heavy atom. The maximum Gasteiger partial charge on any atom is 0.278 e. The van der Waals surface area contributed by atoms with Crippen LogP contribution in [-0.2, 0) is 17.7 Å². The van der Waals surface area contributed by atoms with Crippen molar-refractivity contribution in [2.75, 3.05) is 30.5 Å². The molecule has 0 saturated carbocycles. The van der Waals surface area contributed by atoms with E-state index in [2.05, 4.69) is 40.5 Å². The smallest absolute Gasteiger partial charge is 0.278 e. The van der Waals surface area contributed by atoms with E-state index >= 15 is 4.39 Å². The summed E-state index contributed by atoms with van der Waals surface area (Å²) in [6.07, 6.45) is 1.65. The lowest BCUT2D eigenvalue weighted by molar-refractivity contribution is 0.224. The van der Waals surface area contributed by atoms with Crippen LogP contribution in [0.1, 0.15) is 44.7 Å². The molecule has 11 heteroatoms. The van der Waals surface area contributed by atoms with Crippen molar-refractivity contribution in [3.63, 3.8) is 0 Å². The molecule has 1 unspecified atom stereocenters. The van der Waals surface area contributed by atoms with Crippen molar-refractivity contribution in [2.24, 2.45) is 10.2 Å². The molecule has 1 aromatic heterocycles.